The second kappa shape index (κ2) is 8.02. The monoisotopic (exact) mass is 572 g/mol. The van der Waals surface area contributed by atoms with Crippen molar-refractivity contribution in [3.63, 3.8) is 0 Å². The summed E-state index contributed by atoms with van der Waals surface area (Å²) in [7, 11) is 0. The lowest BCUT2D eigenvalue weighted by Gasteiger charge is -2.31. The molecule has 0 N–H and O–H groups in total. The standard InChI is InChI=1S/C43H24S/c1-2-11-28-27(10-1)32-15-8-19-36-40(32)41-33(28)16-9-20-37(41)43(36)35-18-5-3-12-29(35)30-23-22-25(24-38(30)43)26-14-7-17-34-31-13-4-6-21-39(31)44-42(26)34/h1-24H. The van der Waals surface area contributed by atoms with Gasteiger partial charge in [0.15, 0.2) is 0 Å². The molecule has 11 rings (SSSR count). The van der Waals surface area contributed by atoms with E-state index >= 15 is 0 Å². The molecule has 0 saturated carbocycles. The van der Waals surface area contributed by atoms with E-state index in [1.54, 1.807) is 0 Å². The number of hydrogen-bond acceptors (Lipinski definition) is 1. The van der Waals surface area contributed by atoms with Crippen molar-refractivity contribution in [3.8, 4) is 22.3 Å². The Kier molecular flexibility index (Phi) is 4.24. The molecule has 9 aromatic rings. The van der Waals surface area contributed by atoms with Gasteiger partial charge in [-0.05, 0) is 89.0 Å². The van der Waals surface area contributed by atoms with Crippen molar-refractivity contribution in [2.45, 2.75) is 5.41 Å². The second-order valence-electron chi connectivity index (χ2n) is 12.3. The van der Waals surface area contributed by atoms with Crippen LogP contribution in [-0.4, -0.2) is 0 Å². The maximum Gasteiger partial charge on any atom is 0.0726 e. The second-order valence-corrected chi connectivity index (χ2v) is 13.4. The van der Waals surface area contributed by atoms with E-state index in [1.165, 1.54) is 97.0 Å². The Bertz CT molecular complexity index is 2640. The molecule has 0 nitrogen and oxygen atoms in total. The van der Waals surface area contributed by atoms with E-state index < -0.39 is 0 Å². The number of rotatable bonds is 1. The maximum absolute atomic E-state index is 2.53. The van der Waals surface area contributed by atoms with Crippen LogP contribution in [0.25, 0.3) is 74.7 Å². The topological polar surface area (TPSA) is 0 Å². The van der Waals surface area contributed by atoms with Crippen molar-refractivity contribution in [1.82, 2.24) is 0 Å². The molecule has 0 radical (unpaired) electrons. The van der Waals surface area contributed by atoms with Crippen LogP contribution in [0.2, 0.25) is 0 Å². The first-order valence-corrected chi connectivity index (χ1v) is 16.2. The van der Waals surface area contributed by atoms with Crippen LogP contribution in [-0.2, 0) is 5.41 Å². The molecule has 202 valence electrons. The number of thiophene rings is 1. The molecule has 0 aliphatic heterocycles. The molecule has 2 aliphatic carbocycles. The Morgan fingerprint density at radius 2 is 0.909 bits per heavy atom. The zero-order chi connectivity index (χ0) is 28.6. The highest BCUT2D eigenvalue weighted by Gasteiger charge is 2.51. The largest absolute Gasteiger partial charge is 0.135 e. The van der Waals surface area contributed by atoms with E-state index in [0.717, 1.165) is 0 Å². The van der Waals surface area contributed by atoms with E-state index in [-0.39, 0.29) is 5.41 Å². The Hall–Kier alpha value is -5.24. The summed E-state index contributed by atoms with van der Waals surface area (Å²) in [6.07, 6.45) is 0. The molecule has 0 bridgehead atoms. The molecule has 0 amide bonds. The lowest BCUT2D eigenvalue weighted by atomic mass is 9.70. The molecule has 0 saturated heterocycles. The molecule has 44 heavy (non-hydrogen) atoms. The van der Waals surface area contributed by atoms with Gasteiger partial charge >= 0.3 is 0 Å². The zero-order valence-corrected chi connectivity index (χ0v) is 24.6. The molecule has 8 aromatic carbocycles. The summed E-state index contributed by atoms with van der Waals surface area (Å²) in [5.41, 5.74) is 10.5. The summed E-state index contributed by atoms with van der Waals surface area (Å²) in [6.45, 7) is 0. The van der Waals surface area contributed by atoms with Crippen molar-refractivity contribution in [3.05, 3.63) is 168 Å². The normalized spacial score (nSPS) is 14.1. The van der Waals surface area contributed by atoms with Gasteiger partial charge in [-0.15, -0.1) is 11.3 Å². The van der Waals surface area contributed by atoms with Crippen LogP contribution < -0.4 is 0 Å². The van der Waals surface area contributed by atoms with Gasteiger partial charge < -0.3 is 0 Å². The van der Waals surface area contributed by atoms with Crippen LogP contribution in [0.15, 0.2) is 146 Å². The highest BCUT2D eigenvalue weighted by Crippen LogP contribution is 2.63. The smallest absolute Gasteiger partial charge is 0.0726 e. The molecule has 1 spiro atoms. The molecule has 1 heteroatoms. The van der Waals surface area contributed by atoms with Gasteiger partial charge in [-0.2, -0.15) is 0 Å². The van der Waals surface area contributed by atoms with Crippen LogP contribution in [0.4, 0.5) is 0 Å². The average Bonchev–Trinajstić information content (AvgIpc) is 3.72. The first-order chi connectivity index (χ1) is 21.8. The van der Waals surface area contributed by atoms with E-state index in [0.29, 0.717) is 0 Å². The fraction of sp³-hybridized carbons (Fsp3) is 0.0233. The number of benzene rings is 8. The summed E-state index contributed by atoms with van der Waals surface area (Å²) < 4.78 is 2.71. The molecule has 0 unspecified atom stereocenters. The van der Waals surface area contributed by atoms with Crippen LogP contribution in [0.5, 0.6) is 0 Å². The minimum Gasteiger partial charge on any atom is -0.135 e. The van der Waals surface area contributed by atoms with Crippen molar-refractivity contribution >= 4 is 63.8 Å². The van der Waals surface area contributed by atoms with Gasteiger partial charge in [0.05, 0.1) is 5.41 Å². The summed E-state index contributed by atoms with van der Waals surface area (Å²) in [4.78, 5) is 0. The summed E-state index contributed by atoms with van der Waals surface area (Å²) in [5, 5.41) is 10.9. The van der Waals surface area contributed by atoms with Crippen LogP contribution in [0, 0.1) is 0 Å². The summed E-state index contributed by atoms with van der Waals surface area (Å²) in [6, 6.07) is 55.0. The van der Waals surface area contributed by atoms with Gasteiger partial charge in [0.25, 0.3) is 0 Å². The predicted octanol–water partition coefficient (Wildman–Crippen LogP) is 11.9. The third kappa shape index (κ3) is 2.59. The van der Waals surface area contributed by atoms with E-state index in [2.05, 4.69) is 146 Å². The molecular formula is C43H24S. The fourth-order valence-corrected chi connectivity index (χ4v) is 10.1. The van der Waals surface area contributed by atoms with Gasteiger partial charge in [0.2, 0.25) is 0 Å². The quantitative estimate of drug-likeness (QED) is 0.172. The van der Waals surface area contributed by atoms with E-state index in [1.807, 2.05) is 11.3 Å². The van der Waals surface area contributed by atoms with Crippen LogP contribution in [0.3, 0.4) is 0 Å². The fourth-order valence-electron chi connectivity index (χ4n) is 8.82. The van der Waals surface area contributed by atoms with Crippen molar-refractivity contribution in [2.24, 2.45) is 0 Å². The first kappa shape index (κ1) is 23.2. The van der Waals surface area contributed by atoms with Crippen molar-refractivity contribution in [1.29, 1.82) is 0 Å². The minimum atomic E-state index is -0.366. The van der Waals surface area contributed by atoms with Crippen LogP contribution in [0.1, 0.15) is 22.3 Å². The predicted molar refractivity (Wildman–Crippen MR) is 188 cm³/mol. The van der Waals surface area contributed by atoms with Gasteiger partial charge in [0.1, 0.15) is 0 Å². The molecule has 2 aliphatic rings. The maximum atomic E-state index is 2.53. The van der Waals surface area contributed by atoms with Gasteiger partial charge in [-0.1, -0.05) is 133 Å². The van der Waals surface area contributed by atoms with Crippen molar-refractivity contribution in [2.75, 3.05) is 0 Å². The summed E-state index contributed by atoms with van der Waals surface area (Å²) >= 11 is 1.91. The number of hydrogen-bond donors (Lipinski definition) is 0. The molecular weight excluding hydrogens is 549 g/mol. The summed E-state index contributed by atoms with van der Waals surface area (Å²) in [5.74, 6) is 0. The highest BCUT2D eigenvalue weighted by molar-refractivity contribution is 7.26. The lowest BCUT2D eigenvalue weighted by molar-refractivity contribution is 0.797. The first-order valence-electron chi connectivity index (χ1n) is 15.4. The Labute approximate surface area is 258 Å². The average molecular weight is 573 g/mol. The van der Waals surface area contributed by atoms with Gasteiger partial charge in [-0.3, -0.25) is 0 Å². The minimum absolute atomic E-state index is 0.366. The molecule has 0 atom stereocenters. The molecule has 1 aromatic heterocycles. The lowest BCUT2D eigenvalue weighted by Crippen LogP contribution is -2.26. The number of fused-ring (bicyclic) bond motifs is 13. The van der Waals surface area contributed by atoms with E-state index in [9.17, 15) is 0 Å². The Morgan fingerprint density at radius 1 is 0.364 bits per heavy atom. The molecule has 0 fully saturated rings. The van der Waals surface area contributed by atoms with Crippen LogP contribution >= 0.6 is 11.3 Å². The van der Waals surface area contributed by atoms with Gasteiger partial charge in [-0.25, -0.2) is 0 Å². The third-order valence-corrected chi connectivity index (χ3v) is 11.7. The highest BCUT2D eigenvalue weighted by atomic mass is 32.1. The Morgan fingerprint density at radius 3 is 1.68 bits per heavy atom. The zero-order valence-electron chi connectivity index (χ0n) is 23.8. The van der Waals surface area contributed by atoms with E-state index in [4.69, 9.17) is 0 Å². The van der Waals surface area contributed by atoms with Crippen molar-refractivity contribution < 1.29 is 0 Å². The third-order valence-electron chi connectivity index (χ3n) is 10.5. The Balaban J connectivity index is 1.29. The molecule has 1 heterocycles. The van der Waals surface area contributed by atoms with Gasteiger partial charge in [0, 0.05) is 20.2 Å². The SMILES string of the molecule is c1ccc2c(c1)-c1ccc(-c3cccc4c3sc3ccccc34)cc1C21c2cccc3c4ccccc4c4cccc1c4c23.